The SMILES string of the molecule is CCCc1ccc(OC(=O)c2ccc(N)cc2)cc1. The summed E-state index contributed by atoms with van der Waals surface area (Å²) in [4.78, 5) is 11.9. The molecule has 0 saturated carbocycles. The molecule has 0 aliphatic carbocycles. The number of hydrogen-bond donors (Lipinski definition) is 1. The van der Waals surface area contributed by atoms with Gasteiger partial charge in [0.25, 0.3) is 0 Å². The van der Waals surface area contributed by atoms with Gasteiger partial charge in [0.15, 0.2) is 0 Å². The molecule has 98 valence electrons. The molecule has 0 unspecified atom stereocenters. The van der Waals surface area contributed by atoms with Crippen LogP contribution in [0.2, 0.25) is 0 Å². The highest BCUT2D eigenvalue weighted by molar-refractivity contribution is 5.91. The van der Waals surface area contributed by atoms with E-state index in [4.69, 9.17) is 10.5 Å². The van der Waals surface area contributed by atoms with E-state index in [0.717, 1.165) is 12.8 Å². The minimum absolute atomic E-state index is 0.372. The third-order valence-corrected chi connectivity index (χ3v) is 2.82. The third kappa shape index (κ3) is 3.58. The second-order valence-corrected chi connectivity index (χ2v) is 4.41. The zero-order valence-electron chi connectivity index (χ0n) is 10.9. The van der Waals surface area contributed by atoms with Gasteiger partial charge in [-0.3, -0.25) is 0 Å². The molecule has 0 bridgehead atoms. The van der Waals surface area contributed by atoms with E-state index < -0.39 is 0 Å². The maximum atomic E-state index is 11.9. The number of nitrogen functional groups attached to an aromatic ring is 1. The number of rotatable bonds is 4. The molecule has 0 amide bonds. The lowest BCUT2D eigenvalue weighted by Gasteiger charge is -2.05. The molecule has 0 heterocycles. The van der Waals surface area contributed by atoms with Crippen LogP contribution < -0.4 is 10.5 Å². The van der Waals surface area contributed by atoms with Gasteiger partial charge >= 0.3 is 5.97 Å². The first kappa shape index (κ1) is 13.1. The highest BCUT2D eigenvalue weighted by Gasteiger charge is 2.07. The van der Waals surface area contributed by atoms with Gasteiger partial charge in [0, 0.05) is 5.69 Å². The third-order valence-electron chi connectivity index (χ3n) is 2.82. The van der Waals surface area contributed by atoms with Crippen molar-refractivity contribution < 1.29 is 9.53 Å². The fraction of sp³-hybridized carbons (Fsp3) is 0.188. The lowest BCUT2D eigenvalue weighted by molar-refractivity contribution is 0.0735. The van der Waals surface area contributed by atoms with Crippen molar-refractivity contribution in [1.82, 2.24) is 0 Å². The van der Waals surface area contributed by atoms with Crippen LogP contribution in [0.1, 0.15) is 29.3 Å². The molecular formula is C16H17NO2. The molecule has 0 aromatic heterocycles. The molecule has 2 rings (SSSR count). The summed E-state index contributed by atoms with van der Waals surface area (Å²) in [6.07, 6.45) is 2.14. The highest BCUT2D eigenvalue weighted by atomic mass is 16.5. The van der Waals surface area contributed by atoms with Crippen molar-refractivity contribution in [1.29, 1.82) is 0 Å². The van der Waals surface area contributed by atoms with Crippen LogP contribution in [0.3, 0.4) is 0 Å². The summed E-state index contributed by atoms with van der Waals surface area (Å²) >= 11 is 0. The molecule has 19 heavy (non-hydrogen) atoms. The van der Waals surface area contributed by atoms with Crippen LogP contribution in [-0.4, -0.2) is 5.97 Å². The van der Waals surface area contributed by atoms with Gasteiger partial charge in [-0.2, -0.15) is 0 Å². The predicted molar refractivity (Wildman–Crippen MR) is 76.2 cm³/mol. The van der Waals surface area contributed by atoms with Gasteiger partial charge in [0.05, 0.1) is 5.56 Å². The van der Waals surface area contributed by atoms with Crippen molar-refractivity contribution >= 4 is 11.7 Å². The zero-order valence-corrected chi connectivity index (χ0v) is 10.9. The van der Waals surface area contributed by atoms with Crippen molar-refractivity contribution in [3.8, 4) is 5.75 Å². The van der Waals surface area contributed by atoms with Gasteiger partial charge in [0.1, 0.15) is 5.75 Å². The van der Waals surface area contributed by atoms with E-state index >= 15 is 0 Å². The predicted octanol–water partition coefficient (Wildman–Crippen LogP) is 3.44. The molecular weight excluding hydrogens is 238 g/mol. The second-order valence-electron chi connectivity index (χ2n) is 4.41. The van der Waals surface area contributed by atoms with E-state index in [1.54, 1.807) is 24.3 Å². The highest BCUT2D eigenvalue weighted by Crippen LogP contribution is 2.15. The van der Waals surface area contributed by atoms with Crippen molar-refractivity contribution in [3.05, 3.63) is 59.7 Å². The fourth-order valence-corrected chi connectivity index (χ4v) is 1.80. The Labute approximate surface area is 113 Å². The van der Waals surface area contributed by atoms with Gasteiger partial charge < -0.3 is 10.5 Å². The Morgan fingerprint density at radius 2 is 1.68 bits per heavy atom. The van der Waals surface area contributed by atoms with Crippen LogP contribution in [0.5, 0.6) is 5.75 Å². The number of nitrogens with two attached hydrogens (primary N) is 1. The Balaban J connectivity index is 2.04. The monoisotopic (exact) mass is 255 g/mol. The smallest absolute Gasteiger partial charge is 0.343 e. The molecule has 0 radical (unpaired) electrons. The topological polar surface area (TPSA) is 52.3 Å². The van der Waals surface area contributed by atoms with Crippen LogP contribution in [0.15, 0.2) is 48.5 Å². The molecule has 2 aromatic carbocycles. The molecule has 3 nitrogen and oxygen atoms in total. The number of carbonyl (C=O) groups excluding carboxylic acids is 1. The quantitative estimate of drug-likeness (QED) is 0.517. The second kappa shape index (κ2) is 6.05. The molecule has 0 atom stereocenters. The summed E-state index contributed by atoms with van der Waals surface area (Å²) in [5.41, 5.74) is 7.94. The molecule has 0 fully saturated rings. The number of carbonyl (C=O) groups is 1. The van der Waals surface area contributed by atoms with Gasteiger partial charge in [-0.15, -0.1) is 0 Å². The number of ether oxygens (including phenoxy) is 1. The molecule has 2 N–H and O–H groups in total. The summed E-state index contributed by atoms with van der Waals surface area (Å²) in [5.74, 6) is 0.185. The maximum absolute atomic E-state index is 11.9. The number of anilines is 1. The Morgan fingerprint density at radius 3 is 2.26 bits per heavy atom. The van der Waals surface area contributed by atoms with E-state index in [2.05, 4.69) is 6.92 Å². The van der Waals surface area contributed by atoms with E-state index in [9.17, 15) is 4.79 Å². The van der Waals surface area contributed by atoms with E-state index in [1.807, 2.05) is 24.3 Å². The lowest BCUT2D eigenvalue weighted by atomic mass is 10.1. The Hall–Kier alpha value is -2.29. The van der Waals surface area contributed by atoms with Crippen LogP contribution in [0.25, 0.3) is 0 Å². The van der Waals surface area contributed by atoms with Gasteiger partial charge in [-0.25, -0.2) is 4.79 Å². The Morgan fingerprint density at radius 1 is 1.05 bits per heavy atom. The molecule has 2 aromatic rings. The maximum Gasteiger partial charge on any atom is 0.343 e. The van der Waals surface area contributed by atoms with Gasteiger partial charge in [-0.05, 0) is 48.4 Å². The van der Waals surface area contributed by atoms with E-state index in [1.165, 1.54) is 5.56 Å². The summed E-state index contributed by atoms with van der Waals surface area (Å²) in [5, 5.41) is 0. The van der Waals surface area contributed by atoms with Crippen molar-refractivity contribution in [2.24, 2.45) is 0 Å². The average molecular weight is 255 g/mol. The van der Waals surface area contributed by atoms with E-state index in [0.29, 0.717) is 17.0 Å². The molecule has 0 aliphatic heterocycles. The van der Waals surface area contributed by atoms with Crippen LogP contribution in [0, 0.1) is 0 Å². The first-order valence-corrected chi connectivity index (χ1v) is 6.35. The van der Waals surface area contributed by atoms with Crippen LogP contribution in [-0.2, 0) is 6.42 Å². The van der Waals surface area contributed by atoms with Crippen LogP contribution >= 0.6 is 0 Å². The number of esters is 1. The van der Waals surface area contributed by atoms with E-state index in [-0.39, 0.29) is 5.97 Å². The minimum Gasteiger partial charge on any atom is -0.423 e. The Kier molecular flexibility index (Phi) is 4.18. The largest absolute Gasteiger partial charge is 0.423 e. The van der Waals surface area contributed by atoms with Crippen molar-refractivity contribution in [2.45, 2.75) is 19.8 Å². The summed E-state index contributed by atoms with van der Waals surface area (Å²) < 4.78 is 5.29. The lowest BCUT2D eigenvalue weighted by Crippen LogP contribution is -2.08. The Bertz CT molecular complexity index is 544. The van der Waals surface area contributed by atoms with Crippen molar-refractivity contribution in [3.63, 3.8) is 0 Å². The summed E-state index contributed by atoms with van der Waals surface area (Å²) in [7, 11) is 0. The van der Waals surface area contributed by atoms with Crippen LogP contribution in [0.4, 0.5) is 5.69 Å². The van der Waals surface area contributed by atoms with Crippen molar-refractivity contribution in [2.75, 3.05) is 5.73 Å². The number of hydrogen-bond acceptors (Lipinski definition) is 3. The summed E-state index contributed by atoms with van der Waals surface area (Å²) in [6, 6.07) is 14.3. The average Bonchev–Trinajstić information content (AvgIpc) is 2.42. The van der Waals surface area contributed by atoms with Gasteiger partial charge in [-0.1, -0.05) is 25.5 Å². The molecule has 0 saturated heterocycles. The zero-order chi connectivity index (χ0) is 13.7. The standard InChI is InChI=1S/C16H17NO2/c1-2-3-12-4-10-15(11-5-12)19-16(18)13-6-8-14(17)9-7-13/h4-11H,2-3,17H2,1H3. The minimum atomic E-state index is -0.372. The first-order chi connectivity index (χ1) is 9.19. The number of benzene rings is 2. The first-order valence-electron chi connectivity index (χ1n) is 6.35. The normalized spacial score (nSPS) is 10.2. The summed E-state index contributed by atoms with van der Waals surface area (Å²) in [6.45, 7) is 2.13. The molecule has 0 aliphatic rings. The fourth-order valence-electron chi connectivity index (χ4n) is 1.80. The molecule has 3 heteroatoms. The number of aryl methyl sites for hydroxylation is 1. The van der Waals surface area contributed by atoms with Gasteiger partial charge in [0.2, 0.25) is 0 Å². The molecule has 0 spiro atoms.